The SMILES string of the molecule is Cn1cccc1C1Nc2ccccc2C2C1CCN2C(=O)[C@H]1CCCC[C@H]1NC(=O)c1ccccc1. The number of anilines is 1. The Hall–Kier alpha value is -3.54. The minimum absolute atomic E-state index is 0.0438. The molecule has 2 aliphatic heterocycles. The van der Waals surface area contributed by atoms with Crippen LogP contribution in [0.1, 0.15) is 65.8 Å². The Morgan fingerprint density at radius 3 is 2.50 bits per heavy atom. The third-order valence-corrected chi connectivity index (χ3v) is 8.48. The van der Waals surface area contributed by atoms with Gasteiger partial charge in [0.25, 0.3) is 5.91 Å². The van der Waals surface area contributed by atoms with Gasteiger partial charge in [0.15, 0.2) is 0 Å². The van der Waals surface area contributed by atoms with E-state index >= 15 is 0 Å². The number of carbonyl (C=O) groups excluding carboxylic acids is 2. The van der Waals surface area contributed by atoms with Crippen LogP contribution in [-0.4, -0.2) is 33.9 Å². The van der Waals surface area contributed by atoms with Crippen molar-refractivity contribution in [1.29, 1.82) is 0 Å². The standard InChI is InChI=1S/C30H34N4O2/c1-33-18-9-16-26(33)27-23-17-19-34(28(23)21-12-5-7-14-24(21)31-27)30(36)22-13-6-8-15-25(22)32-29(35)20-10-3-2-4-11-20/h2-5,7,9-12,14,16,18,22-23,25,27-28,31H,6,8,13,15,17,19H2,1H3,(H,32,35)/t22-,23?,25+,27?,28?/m0/s1. The molecule has 1 saturated carbocycles. The van der Waals surface area contributed by atoms with Crippen LogP contribution in [0.5, 0.6) is 0 Å². The lowest BCUT2D eigenvalue weighted by molar-refractivity contribution is -0.138. The van der Waals surface area contributed by atoms with Gasteiger partial charge in [-0.3, -0.25) is 9.59 Å². The molecular weight excluding hydrogens is 448 g/mol. The van der Waals surface area contributed by atoms with Gasteiger partial charge in [0.2, 0.25) is 5.91 Å². The van der Waals surface area contributed by atoms with Crippen LogP contribution in [0.4, 0.5) is 5.69 Å². The number of para-hydroxylation sites is 1. The molecule has 2 amide bonds. The lowest BCUT2D eigenvalue weighted by Gasteiger charge is -2.42. The van der Waals surface area contributed by atoms with Crippen LogP contribution in [0.2, 0.25) is 0 Å². The molecule has 0 bridgehead atoms. The lowest BCUT2D eigenvalue weighted by atomic mass is 9.80. The van der Waals surface area contributed by atoms with Crippen molar-refractivity contribution in [3.05, 3.63) is 89.7 Å². The summed E-state index contributed by atoms with van der Waals surface area (Å²) < 4.78 is 2.18. The quantitative estimate of drug-likeness (QED) is 0.546. The van der Waals surface area contributed by atoms with Gasteiger partial charge in [0.05, 0.1) is 18.0 Å². The number of hydrogen-bond acceptors (Lipinski definition) is 3. The second kappa shape index (κ2) is 9.49. The molecule has 5 atom stereocenters. The molecule has 6 heteroatoms. The number of hydrogen-bond donors (Lipinski definition) is 2. The van der Waals surface area contributed by atoms with Crippen molar-refractivity contribution in [2.75, 3.05) is 11.9 Å². The van der Waals surface area contributed by atoms with E-state index in [0.29, 0.717) is 11.5 Å². The van der Waals surface area contributed by atoms with E-state index in [1.807, 2.05) is 30.3 Å². The van der Waals surface area contributed by atoms with Crippen LogP contribution in [0.3, 0.4) is 0 Å². The first-order chi connectivity index (χ1) is 17.6. The lowest BCUT2D eigenvalue weighted by Crippen LogP contribution is -2.50. The predicted octanol–water partition coefficient (Wildman–Crippen LogP) is 5.07. The van der Waals surface area contributed by atoms with Crippen LogP contribution in [0.25, 0.3) is 0 Å². The number of nitrogens with zero attached hydrogens (tertiary/aromatic N) is 2. The molecule has 3 heterocycles. The normalized spacial score (nSPS) is 27.0. The van der Waals surface area contributed by atoms with E-state index in [-0.39, 0.29) is 35.9 Å². The van der Waals surface area contributed by atoms with Crippen molar-refractivity contribution in [3.8, 4) is 0 Å². The highest BCUT2D eigenvalue weighted by Crippen LogP contribution is 2.51. The van der Waals surface area contributed by atoms with Crippen molar-refractivity contribution in [2.24, 2.45) is 18.9 Å². The first kappa shape index (κ1) is 22.9. The van der Waals surface area contributed by atoms with Gasteiger partial charge in [-0.15, -0.1) is 0 Å². The maximum Gasteiger partial charge on any atom is 0.251 e. The van der Waals surface area contributed by atoms with Gasteiger partial charge >= 0.3 is 0 Å². The average molecular weight is 483 g/mol. The van der Waals surface area contributed by atoms with Crippen molar-refractivity contribution in [3.63, 3.8) is 0 Å². The summed E-state index contributed by atoms with van der Waals surface area (Å²) in [5.74, 6) is 0.234. The molecule has 2 aromatic carbocycles. The Bertz CT molecular complexity index is 1250. The molecular formula is C30H34N4O2. The molecule has 36 heavy (non-hydrogen) atoms. The number of nitrogens with one attached hydrogen (secondary N) is 2. The highest BCUT2D eigenvalue weighted by molar-refractivity contribution is 5.94. The topological polar surface area (TPSA) is 66.4 Å². The van der Waals surface area contributed by atoms with Crippen LogP contribution in [-0.2, 0) is 11.8 Å². The first-order valence-corrected chi connectivity index (χ1v) is 13.2. The Balaban J connectivity index is 1.28. The zero-order valence-electron chi connectivity index (χ0n) is 20.8. The summed E-state index contributed by atoms with van der Waals surface area (Å²) in [7, 11) is 2.09. The molecule has 2 fully saturated rings. The van der Waals surface area contributed by atoms with E-state index in [1.54, 1.807) is 0 Å². The smallest absolute Gasteiger partial charge is 0.251 e. The third-order valence-electron chi connectivity index (χ3n) is 8.48. The van der Waals surface area contributed by atoms with E-state index in [2.05, 4.69) is 69.7 Å². The van der Waals surface area contributed by atoms with Crippen LogP contribution in [0, 0.1) is 11.8 Å². The summed E-state index contributed by atoms with van der Waals surface area (Å²) in [4.78, 5) is 29.3. The van der Waals surface area contributed by atoms with E-state index in [0.717, 1.165) is 44.3 Å². The average Bonchev–Trinajstić information content (AvgIpc) is 3.55. The number of aromatic nitrogens is 1. The highest BCUT2D eigenvalue weighted by atomic mass is 16.2. The summed E-state index contributed by atoms with van der Waals surface area (Å²) in [6, 6.07) is 22.1. The third kappa shape index (κ3) is 3.98. The molecule has 2 N–H and O–H groups in total. The number of carbonyl (C=O) groups is 2. The highest BCUT2D eigenvalue weighted by Gasteiger charge is 2.48. The summed E-state index contributed by atoms with van der Waals surface area (Å²) in [6.07, 6.45) is 6.79. The fourth-order valence-electron chi connectivity index (χ4n) is 6.72. The van der Waals surface area contributed by atoms with E-state index in [1.165, 1.54) is 11.3 Å². The molecule has 1 saturated heterocycles. The summed E-state index contributed by atoms with van der Waals surface area (Å²) in [5.41, 5.74) is 4.22. The van der Waals surface area contributed by atoms with Crippen LogP contribution >= 0.6 is 0 Å². The Kier molecular flexibility index (Phi) is 6.04. The second-order valence-corrected chi connectivity index (χ2v) is 10.5. The fraction of sp³-hybridized carbons (Fsp3) is 0.400. The molecule has 3 aromatic rings. The van der Waals surface area contributed by atoms with Gasteiger partial charge in [-0.05, 0) is 55.2 Å². The first-order valence-electron chi connectivity index (χ1n) is 13.2. The summed E-state index contributed by atoms with van der Waals surface area (Å²) in [6.45, 7) is 0.751. The minimum Gasteiger partial charge on any atom is -0.376 e. The van der Waals surface area contributed by atoms with Crippen molar-refractivity contribution in [1.82, 2.24) is 14.8 Å². The maximum atomic E-state index is 14.2. The molecule has 0 radical (unpaired) electrons. The monoisotopic (exact) mass is 482 g/mol. The number of amides is 2. The Morgan fingerprint density at radius 1 is 0.917 bits per heavy atom. The zero-order chi connectivity index (χ0) is 24.6. The van der Waals surface area contributed by atoms with E-state index < -0.39 is 0 Å². The minimum atomic E-state index is -0.180. The van der Waals surface area contributed by atoms with Gasteiger partial charge in [0, 0.05) is 48.7 Å². The van der Waals surface area contributed by atoms with Gasteiger partial charge in [-0.1, -0.05) is 49.2 Å². The van der Waals surface area contributed by atoms with E-state index in [9.17, 15) is 9.59 Å². The number of benzene rings is 2. The van der Waals surface area contributed by atoms with Crippen molar-refractivity contribution in [2.45, 2.75) is 50.2 Å². The summed E-state index contributed by atoms with van der Waals surface area (Å²) in [5, 5.41) is 7.01. The van der Waals surface area contributed by atoms with Gasteiger partial charge in [0.1, 0.15) is 0 Å². The van der Waals surface area contributed by atoms with Gasteiger partial charge in [-0.25, -0.2) is 0 Å². The maximum absolute atomic E-state index is 14.2. The summed E-state index contributed by atoms with van der Waals surface area (Å²) >= 11 is 0. The van der Waals surface area contributed by atoms with E-state index in [4.69, 9.17) is 0 Å². The zero-order valence-corrected chi connectivity index (χ0v) is 20.8. The van der Waals surface area contributed by atoms with Crippen LogP contribution < -0.4 is 10.6 Å². The molecule has 6 nitrogen and oxygen atoms in total. The number of rotatable bonds is 4. The van der Waals surface area contributed by atoms with Gasteiger partial charge < -0.3 is 20.1 Å². The van der Waals surface area contributed by atoms with Gasteiger partial charge in [-0.2, -0.15) is 0 Å². The molecule has 1 aromatic heterocycles. The molecule has 0 spiro atoms. The molecule has 1 aliphatic carbocycles. The molecule has 3 aliphatic rings. The van der Waals surface area contributed by atoms with Crippen molar-refractivity contribution < 1.29 is 9.59 Å². The Labute approximate surface area is 212 Å². The number of aryl methyl sites for hydroxylation is 1. The number of fused-ring (bicyclic) bond motifs is 3. The predicted molar refractivity (Wildman–Crippen MR) is 140 cm³/mol. The molecule has 186 valence electrons. The molecule has 6 rings (SSSR count). The number of likely N-dealkylation sites (tertiary alicyclic amines) is 1. The Morgan fingerprint density at radius 2 is 1.69 bits per heavy atom. The van der Waals surface area contributed by atoms with Crippen LogP contribution in [0.15, 0.2) is 72.9 Å². The second-order valence-electron chi connectivity index (χ2n) is 10.5. The van der Waals surface area contributed by atoms with Crippen molar-refractivity contribution >= 4 is 17.5 Å². The largest absolute Gasteiger partial charge is 0.376 e. The fourth-order valence-corrected chi connectivity index (χ4v) is 6.72. The molecule has 3 unspecified atom stereocenters.